The molecule has 0 spiro atoms. The van der Waals surface area contributed by atoms with Gasteiger partial charge in [0.25, 0.3) is 5.56 Å². The number of halogens is 3. The van der Waals surface area contributed by atoms with Crippen molar-refractivity contribution in [3.8, 4) is 0 Å². The SMILES string of the molecule is Cc1nc(Cc2cccc(Cl)c2F)[nH]c(=O)c1I. The van der Waals surface area contributed by atoms with Crippen LogP contribution in [0.5, 0.6) is 0 Å². The van der Waals surface area contributed by atoms with E-state index in [1.165, 1.54) is 6.07 Å². The van der Waals surface area contributed by atoms with Gasteiger partial charge in [-0.1, -0.05) is 23.7 Å². The Bertz CT molecular complexity index is 657. The minimum absolute atomic E-state index is 0.0667. The van der Waals surface area contributed by atoms with Gasteiger partial charge in [-0.2, -0.15) is 0 Å². The van der Waals surface area contributed by atoms with E-state index in [1.807, 2.05) is 22.6 Å². The minimum Gasteiger partial charge on any atom is -0.309 e. The van der Waals surface area contributed by atoms with Gasteiger partial charge in [0.15, 0.2) is 0 Å². The van der Waals surface area contributed by atoms with E-state index in [0.29, 0.717) is 20.7 Å². The third kappa shape index (κ3) is 2.72. The molecule has 6 heteroatoms. The summed E-state index contributed by atoms with van der Waals surface area (Å²) in [6, 6.07) is 4.77. The maximum absolute atomic E-state index is 13.7. The Balaban J connectivity index is 2.41. The normalized spacial score (nSPS) is 10.7. The van der Waals surface area contributed by atoms with Crippen molar-refractivity contribution in [3.05, 3.63) is 60.0 Å². The molecule has 94 valence electrons. The third-order valence-electron chi connectivity index (χ3n) is 2.47. The molecular weight excluding hydrogens is 369 g/mol. The molecule has 0 amide bonds. The molecule has 1 aromatic carbocycles. The fraction of sp³-hybridized carbons (Fsp3) is 0.167. The molecule has 0 aliphatic carbocycles. The summed E-state index contributed by atoms with van der Waals surface area (Å²) in [6.07, 6.45) is 0.208. The Morgan fingerprint density at radius 1 is 1.50 bits per heavy atom. The second kappa shape index (κ2) is 5.36. The highest BCUT2D eigenvalue weighted by molar-refractivity contribution is 14.1. The van der Waals surface area contributed by atoms with Crippen molar-refractivity contribution < 1.29 is 4.39 Å². The van der Waals surface area contributed by atoms with Crippen LogP contribution in [-0.4, -0.2) is 9.97 Å². The maximum Gasteiger partial charge on any atom is 0.264 e. The van der Waals surface area contributed by atoms with Crippen molar-refractivity contribution in [2.75, 3.05) is 0 Å². The number of benzene rings is 1. The van der Waals surface area contributed by atoms with Crippen LogP contribution in [-0.2, 0) is 6.42 Å². The van der Waals surface area contributed by atoms with Crippen molar-refractivity contribution in [1.82, 2.24) is 9.97 Å². The van der Waals surface area contributed by atoms with Crippen LogP contribution < -0.4 is 5.56 Å². The van der Waals surface area contributed by atoms with E-state index in [4.69, 9.17) is 11.6 Å². The van der Waals surface area contributed by atoms with E-state index in [1.54, 1.807) is 19.1 Å². The van der Waals surface area contributed by atoms with Crippen LogP contribution in [0.4, 0.5) is 4.39 Å². The van der Waals surface area contributed by atoms with E-state index in [2.05, 4.69) is 9.97 Å². The Hall–Kier alpha value is -0.950. The standard InChI is InChI=1S/C12H9ClFIN2O/c1-6-11(15)12(18)17-9(16-6)5-7-3-2-4-8(13)10(7)14/h2-4H,5H2,1H3,(H,16,17,18). The lowest BCUT2D eigenvalue weighted by Gasteiger charge is -2.05. The number of nitrogens with one attached hydrogen (secondary N) is 1. The molecule has 0 atom stereocenters. The average molecular weight is 379 g/mol. The van der Waals surface area contributed by atoms with Gasteiger partial charge in [0, 0.05) is 6.42 Å². The number of aryl methyl sites for hydroxylation is 1. The van der Waals surface area contributed by atoms with Gasteiger partial charge in [0.05, 0.1) is 14.3 Å². The third-order valence-corrected chi connectivity index (χ3v) is 4.03. The summed E-state index contributed by atoms with van der Waals surface area (Å²) >= 11 is 7.63. The number of hydrogen-bond acceptors (Lipinski definition) is 2. The summed E-state index contributed by atoms with van der Waals surface area (Å²) in [5.74, 6) is -0.0444. The van der Waals surface area contributed by atoms with E-state index < -0.39 is 5.82 Å². The molecule has 0 fully saturated rings. The lowest BCUT2D eigenvalue weighted by molar-refractivity contribution is 0.612. The zero-order valence-electron chi connectivity index (χ0n) is 9.43. The predicted molar refractivity (Wildman–Crippen MR) is 76.5 cm³/mol. The van der Waals surface area contributed by atoms with Crippen molar-refractivity contribution in [2.45, 2.75) is 13.3 Å². The lowest BCUT2D eigenvalue weighted by atomic mass is 10.1. The monoisotopic (exact) mass is 378 g/mol. The molecule has 1 N–H and O–H groups in total. The number of aromatic nitrogens is 2. The van der Waals surface area contributed by atoms with Crippen molar-refractivity contribution in [1.29, 1.82) is 0 Å². The molecule has 0 aliphatic heterocycles. The molecule has 0 saturated carbocycles. The van der Waals surface area contributed by atoms with Crippen molar-refractivity contribution >= 4 is 34.2 Å². The molecule has 2 rings (SSSR count). The van der Waals surface area contributed by atoms with Crippen molar-refractivity contribution in [2.24, 2.45) is 0 Å². The molecule has 0 radical (unpaired) electrons. The molecule has 1 aromatic heterocycles. The van der Waals surface area contributed by atoms with Crippen LogP contribution in [0.1, 0.15) is 17.1 Å². The van der Waals surface area contributed by atoms with E-state index in [9.17, 15) is 9.18 Å². The highest BCUT2D eigenvalue weighted by atomic mass is 127. The fourth-order valence-electron chi connectivity index (χ4n) is 1.58. The Labute approximate surface area is 122 Å². The molecule has 0 aliphatic rings. The fourth-order valence-corrected chi connectivity index (χ4v) is 2.03. The number of aromatic amines is 1. The highest BCUT2D eigenvalue weighted by Gasteiger charge is 2.10. The van der Waals surface area contributed by atoms with Gasteiger partial charge in [-0.05, 0) is 41.1 Å². The number of H-pyrrole nitrogens is 1. The Morgan fingerprint density at radius 3 is 2.89 bits per heavy atom. The first kappa shape index (κ1) is 13.5. The van der Waals surface area contributed by atoms with Crippen LogP contribution in [0.15, 0.2) is 23.0 Å². The molecule has 3 nitrogen and oxygen atoms in total. The van der Waals surface area contributed by atoms with Gasteiger partial charge < -0.3 is 4.98 Å². The second-order valence-electron chi connectivity index (χ2n) is 3.80. The maximum atomic E-state index is 13.7. The largest absolute Gasteiger partial charge is 0.309 e. The van der Waals surface area contributed by atoms with Crippen LogP contribution in [0, 0.1) is 16.3 Å². The molecule has 0 saturated heterocycles. The van der Waals surface area contributed by atoms with Gasteiger partial charge in [0.2, 0.25) is 0 Å². The first-order valence-corrected chi connectivity index (χ1v) is 6.63. The number of rotatable bonds is 2. The summed E-state index contributed by atoms with van der Waals surface area (Å²) in [7, 11) is 0. The molecule has 0 unspecified atom stereocenters. The molecule has 1 heterocycles. The zero-order chi connectivity index (χ0) is 13.3. The topological polar surface area (TPSA) is 45.8 Å². The number of nitrogens with zero attached hydrogens (tertiary/aromatic N) is 1. The van der Waals surface area contributed by atoms with Crippen LogP contribution >= 0.6 is 34.2 Å². The predicted octanol–water partition coefficient (Wildman–Crippen LogP) is 3.07. The van der Waals surface area contributed by atoms with Crippen LogP contribution in [0.25, 0.3) is 0 Å². The van der Waals surface area contributed by atoms with Gasteiger partial charge in [-0.15, -0.1) is 0 Å². The van der Waals surface area contributed by atoms with Gasteiger partial charge in [-0.3, -0.25) is 4.79 Å². The Morgan fingerprint density at radius 2 is 2.22 bits per heavy atom. The van der Waals surface area contributed by atoms with Crippen LogP contribution in [0.2, 0.25) is 5.02 Å². The second-order valence-corrected chi connectivity index (χ2v) is 5.29. The summed E-state index contributed by atoms with van der Waals surface area (Å²) in [5, 5.41) is 0.0667. The number of hydrogen-bond donors (Lipinski definition) is 1. The Kier molecular flexibility index (Phi) is 4.01. The van der Waals surface area contributed by atoms with Gasteiger partial charge in [0.1, 0.15) is 11.6 Å². The average Bonchev–Trinajstić information content (AvgIpc) is 2.32. The first-order chi connectivity index (χ1) is 8.49. The summed E-state index contributed by atoms with van der Waals surface area (Å²) in [5.41, 5.74) is 0.837. The lowest BCUT2D eigenvalue weighted by Crippen LogP contribution is -2.17. The van der Waals surface area contributed by atoms with E-state index >= 15 is 0 Å². The molecule has 18 heavy (non-hydrogen) atoms. The zero-order valence-corrected chi connectivity index (χ0v) is 12.3. The van der Waals surface area contributed by atoms with Crippen LogP contribution in [0.3, 0.4) is 0 Å². The van der Waals surface area contributed by atoms with E-state index in [-0.39, 0.29) is 17.0 Å². The van der Waals surface area contributed by atoms with Crippen molar-refractivity contribution in [3.63, 3.8) is 0 Å². The van der Waals surface area contributed by atoms with Gasteiger partial charge in [-0.25, -0.2) is 9.37 Å². The molecule has 0 bridgehead atoms. The van der Waals surface area contributed by atoms with Gasteiger partial charge >= 0.3 is 0 Å². The molecule has 2 aromatic rings. The smallest absolute Gasteiger partial charge is 0.264 e. The van der Waals surface area contributed by atoms with E-state index in [0.717, 1.165) is 0 Å². The first-order valence-electron chi connectivity index (χ1n) is 5.17. The summed E-state index contributed by atoms with van der Waals surface area (Å²) in [4.78, 5) is 18.4. The quantitative estimate of drug-likeness (QED) is 0.817. The summed E-state index contributed by atoms with van der Waals surface area (Å²) < 4.78 is 14.3. The highest BCUT2D eigenvalue weighted by Crippen LogP contribution is 2.19. The minimum atomic E-state index is -0.474. The molecular formula is C12H9ClFIN2O. The summed E-state index contributed by atoms with van der Waals surface area (Å²) in [6.45, 7) is 1.74.